The van der Waals surface area contributed by atoms with Crippen LogP contribution in [0.2, 0.25) is 0 Å². The van der Waals surface area contributed by atoms with Crippen molar-refractivity contribution in [3.63, 3.8) is 0 Å². The summed E-state index contributed by atoms with van der Waals surface area (Å²) in [5, 5.41) is 14.6. The molecule has 152 valence electrons. The number of carbonyl (C=O) groups excluding carboxylic acids is 1. The number of carbonyl (C=O) groups is 2. The van der Waals surface area contributed by atoms with Crippen LogP contribution in [0, 0.1) is 0 Å². The van der Waals surface area contributed by atoms with Crippen molar-refractivity contribution in [1.82, 2.24) is 9.88 Å². The van der Waals surface area contributed by atoms with E-state index in [1.807, 2.05) is 0 Å². The number of hydrogen-bond donors (Lipinski definition) is 2. The molecule has 28 heavy (non-hydrogen) atoms. The lowest BCUT2D eigenvalue weighted by molar-refractivity contribution is -0.136. The van der Waals surface area contributed by atoms with E-state index in [1.165, 1.54) is 33.9 Å². The number of amides is 1. The summed E-state index contributed by atoms with van der Waals surface area (Å²) < 4.78 is 39.5. The van der Waals surface area contributed by atoms with Gasteiger partial charge < -0.3 is 15.3 Å². The predicted molar refractivity (Wildman–Crippen MR) is 102 cm³/mol. The number of aromatic nitrogens is 1. The zero-order valence-electron chi connectivity index (χ0n) is 14.4. The molecule has 0 unspecified atom stereocenters. The third-order valence-corrected chi connectivity index (χ3v) is 7.05. The zero-order chi connectivity index (χ0) is 20.3. The molecule has 0 radical (unpaired) electrons. The van der Waals surface area contributed by atoms with Crippen LogP contribution >= 0.6 is 34.4 Å². The summed E-state index contributed by atoms with van der Waals surface area (Å²) in [5.74, 6) is -0.586. The average Bonchev–Trinajstić information content (AvgIpc) is 3.33. The standard InChI is InChI=1S/C16H16F3N3O3S3/c17-16(18,19)10-3-5-26-13(10)20-7-9-1-2-12(23)22(9)4-6-27-15-21-11(8-28-15)14(24)25/h3,5,8-9,20H,1-2,4,6-7H2,(H,24,25)/t9-/m1/s1. The van der Waals surface area contributed by atoms with Gasteiger partial charge in [0.25, 0.3) is 0 Å². The number of likely N-dealkylation sites (tertiary alicyclic amines) is 1. The van der Waals surface area contributed by atoms with Gasteiger partial charge in [-0.15, -0.1) is 22.7 Å². The summed E-state index contributed by atoms with van der Waals surface area (Å²) >= 11 is 3.57. The molecule has 2 aromatic heterocycles. The van der Waals surface area contributed by atoms with Crippen LogP contribution in [-0.4, -0.2) is 51.8 Å². The molecule has 1 aliphatic rings. The van der Waals surface area contributed by atoms with Crippen molar-refractivity contribution in [2.45, 2.75) is 29.4 Å². The van der Waals surface area contributed by atoms with E-state index in [4.69, 9.17) is 5.11 Å². The van der Waals surface area contributed by atoms with E-state index in [-0.39, 0.29) is 29.2 Å². The predicted octanol–water partition coefficient (Wildman–Crippen LogP) is 4.12. The smallest absolute Gasteiger partial charge is 0.419 e. The Labute approximate surface area is 170 Å². The number of halogens is 3. The summed E-state index contributed by atoms with van der Waals surface area (Å²) in [6.45, 7) is 0.675. The first kappa shape index (κ1) is 20.9. The van der Waals surface area contributed by atoms with Crippen LogP contribution in [0.3, 0.4) is 0 Å². The first-order valence-electron chi connectivity index (χ1n) is 8.25. The number of nitrogens with one attached hydrogen (secondary N) is 1. The highest BCUT2D eigenvalue weighted by atomic mass is 32.2. The molecular formula is C16H16F3N3O3S3. The van der Waals surface area contributed by atoms with Crippen molar-refractivity contribution < 1.29 is 27.9 Å². The Hall–Kier alpha value is -1.79. The number of anilines is 1. The molecule has 0 aliphatic carbocycles. The number of thioether (sulfide) groups is 1. The summed E-state index contributed by atoms with van der Waals surface area (Å²) in [6.07, 6.45) is -3.45. The van der Waals surface area contributed by atoms with Crippen LogP contribution in [0.4, 0.5) is 18.2 Å². The molecule has 1 atom stereocenters. The monoisotopic (exact) mass is 451 g/mol. The van der Waals surface area contributed by atoms with E-state index in [0.29, 0.717) is 29.5 Å². The molecule has 1 saturated heterocycles. The fourth-order valence-electron chi connectivity index (χ4n) is 2.85. The van der Waals surface area contributed by atoms with Crippen LogP contribution in [0.5, 0.6) is 0 Å². The molecular weight excluding hydrogens is 435 g/mol. The first-order chi connectivity index (χ1) is 13.3. The summed E-state index contributed by atoms with van der Waals surface area (Å²) in [6, 6.07) is 0.864. The molecule has 1 fully saturated rings. The molecule has 6 nitrogen and oxygen atoms in total. The van der Waals surface area contributed by atoms with Crippen molar-refractivity contribution in [1.29, 1.82) is 0 Å². The lowest BCUT2D eigenvalue weighted by atomic mass is 10.2. The SMILES string of the molecule is O=C(O)c1csc(SCCN2C(=O)CC[C@@H]2CNc2sccc2C(F)(F)F)n1. The third-order valence-electron chi connectivity index (χ3n) is 4.18. The number of rotatable bonds is 8. The Balaban J connectivity index is 1.53. The van der Waals surface area contributed by atoms with E-state index in [0.717, 1.165) is 17.4 Å². The molecule has 0 spiro atoms. The number of alkyl halides is 3. The summed E-state index contributed by atoms with van der Waals surface area (Å²) in [5.41, 5.74) is -0.704. The lowest BCUT2D eigenvalue weighted by Crippen LogP contribution is -2.39. The Morgan fingerprint density at radius 2 is 2.21 bits per heavy atom. The van der Waals surface area contributed by atoms with Gasteiger partial charge >= 0.3 is 12.1 Å². The van der Waals surface area contributed by atoms with E-state index >= 15 is 0 Å². The van der Waals surface area contributed by atoms with E-state index < -0.39 is 17.7 Å². The van der Waals surface area contributed by atoms with Gasteiger partial charge in [0.05, 0.1) is 5.56 Å². The highest BCUT2D eigenvalue weighted by Gasteiger charge is 2.35. The normalized spacial score (nSPS) is 17.3. The van der Waals surface area contributed by atoms with E-state index in [2.05, 4.69) is 10.3 Å². The Bertz CT molecular complexity index is 853. The van der Waals surface area contributed by atoms with Crippen LogP contribution in [0.25, 0.3) is 0 Å². The second-order valence-electron chi connectivity index (χ2n) is 5.97. The molecule has 0 saturated carbocycles. The molecule has 1 amide bonds. The maximum absolute atomic E-state index is 13.0. The Morgan fingerprint density at radius 3 is 2.89 bits per heavy atom. The first-order valence-corrected chi connectivity index (χ1v) is 11.0. The fourth-order valence-corrected chi connectivity index (χ4v) is 5.47. The number of nitrogens with zero attached hydrogens (tertiary/aromatic N) is 2. The van der Waals surface area contributed by atoms with Crippen molar-refractivity contribution >= 4 is 51.3 Å². The van der Waals surface area contributed by atoms with Crippen LogP contribution in [-0.2, 0) is 11.0 Å². The van der Waals surface area contributed by atoms with Gasteiger partial charge in [0.15, 0.2) is 10.0 Å². The number of carboxylic acid groups (broad SMARTS) is 1. The van der Waals surface area contributed by atoms with Gasteiger partial charge in [-0.3, -0.25) is 4.79 Å². The van der Waals surface area contributed by atoms with Crippen molar-refractivity contribution in [3.05, 3.63) is 28.1 Å². The van der Waals surface area contributed by atoms with Crippen LogP contribution in [0.1, 0.15) is 28.9 Å². The largest absolute Gasteiger partial charge is 0.476 e. The number of hydrogen-bond acceptors (Lipinski definition) is 7. The van der Waals surface area contributed by atoms with Crippen LogP contribution in [0.15, 0.2) is 21.2 Å². The van der Waals surface area contributed by atoms with Gasteiger partial charge in [-0.2, -0.15) is 13.2 Å². The molecule has 2 aromatic rings. The zero-order valence-corrected chi connectivity index (χ0v) is 16.8. The summed E-state index contributed by atoms with van der Waals surface area (Å²) in [4.78, 5) is 28.6. The second-order valence-corrected chi connectivity index (χ2v) is 9.09. The highest BCUT2D eigenvalue weighted by molar-refractivity contribution is 8.01. The number of aromatic carboxylic acids is 1. The van der Waals surface area contributed by atoms with Gasteiger partial charge in [0, 0.05) is 36.7 Å². The molecule has 0 bridgehead atoms. The van der Waals surface area contributed by atoms with Gasteiger partial charge in [-0.25, -0.2) is 9.78 Å². The second kappa shape index (κ2) is 8.70. The molecule has 1 aliphatic heterocycles. The maximum Gasteiger partial charge on any atom is 0.419 e. The molecule has 3 rings (SSSR count). The highest BCUT2D eigenvalue weighted by Crippen LogP contribution is 2.38. The van der Waals surface area contributed by atoms with Crippen molar-refractivity contribution in [2.24, 2.45) is 0 Å². The fraction of sp³-hybridized carbons (Fsp3) is 0.438. The minimum absolute atomic E-state index is 0.0109. The van der Waals surface area contributed by atoms with Gasteiger partial charge in [0.1, 0.15) is 5.00 Å². The number of thiophene rings is 1. The van der Waals surface area contributed by atoms with Crippen LogP contribution < -0.4 is 5.32 Å². The van der Waals surface area contributed by atoms with Gasteiger partial charge in [-0.1, -0.05) is 11.8 Å². The number of thiazole rings is 1. The maximum atomic E-state index is 13.0. The Morgan fingerprint density at radius 1 is 1.43 bits per heavy atom. The van der Waals surface area contributed by atoms with Gasteiger partial charge in [0.2, 0.25) is 5.91 Å². The van der Waals surface area contributed by atoms with Crippen molar-refractivity contribution in [2.75, 3.05) is 24.2 Å². The quantitative estimate of drug-likeness (QED) is 0.588. The van der Waals surface area contributed by atoms with Gasteiger partial charge in [-0.05, 0) is 17.9 Å². The lowest BCUT2D eigenvalue weighted by Gasteiger charge is -2.25. The number of carboxylic acids is 1. The molecule has 0 aromatic carbocycles. The minimum atomic E-state index is -4.41. The van der Waals surface area contributed by atoms with Crippen molar-refractivity contribution in [3.8, 4) is 0 Å². The minimum Gasteiger partial charge on any atom is -0.476 e. The van der Waals surface area contributed by atoms with E-state index in [9.17, 15) is 22.8 Å². The third kappa shape index (κ3) is 4.97. The molecule has 3 heterocycles. The average molecular weight is 452 g/mol. The van der Waals surface area contributed by atoms with E-state index in [1.54, 1.807) is 4.90 Å². The topological polar surface area (TPSA) is 82.5 Å². The Kier molecular flexibility index (Phi) is 6.50. The summed E-state index contributed by atoms with van der Waals surface area (Å²) in [7, 11) is 0. The molecule has 12 heteroatoms. The molecule has 2 N–H and O–H groups in total.